The lowest BCUT2D eigenvalue weighted by atomic mass is 9.92. The normalized spacial score (nSPS) is 15.2. The van der Waals surface area contributed by atoms with Crippen LogP contribution >= 0.6 is 0 Å². The van der Waals surface area contributed by atoms with E-state index in [9.17, 15) is 0 Å². The van der Waals surface area contributed by atoms with Gasteiger partial charge in [-0.05, 0) is 30.1 Å². The van der Waals surface area contributed by atoms with Crippen molar-refractivity contribution in [1.29, 1.82) is 0 Å². The number of nitrogens with one attached hydrogen (secondary N) is 1. The zero-order valence-electron chi connectivity index (χ0n) is 10.1. The number of aromatic nitrogens is 4. The molecule has 86 valence electrons. The third kappa shape index (κ3) is 3.95. The molecule has 2 atom stereocenters. The summed E-state index contributed by atoms with van der Waals surface area (Å²) < 4.78 is 0. The predicted octanol–water partition coefficient (Wildman–Crippen LogP) is 0.634. The van der Waals surface area contributed by atoms with Gasteiger partial charge in [-0.25, -0.2) is 0 Å². The van der Waals surface area contributed by atoms with Crippen LogP contribution in [0.5, 0.6) is 0 Å². The van der Waals surface area contributed by atoms with Crippen LogP contribution in [-0.2, 0) is 13.5 Å². The number of aryl methyl sites for hydroxylation is 1. The highest BCUT2D eigenvalue weighted by atomic mass is 15.6. The molecule has 0 saturated heterocycles. The van der Waals surface area contributed by atoms with Crippen LogP contribution in [0.15, 0.2) is 0 Å². The van der Waals surface area contributed by atoms with E-state index in [-0.39, 0.29) is 0 Å². The van der Waals surface area contributed by atoms with E-state index in [2.05, 4.69) is 41.5 Å². The molecule has 0 amide bonds. The first-order valence-electron chi connectivity index (χ1n) is 5.57. The molecular weight excluding hydrogens is 190 g/mol. The Morgan fingerprint density at radius 2 is 2.07 bits per heavy atom. The minimum Gasteiger partial charge on any atom is -0.317 e. The van der Waals surface area contributed by atoms with Crippen molar-refractivity contribution in [3.8, 4) is 0 Å². The molecule has 0 saturated carbocycles. The summed E-state index contributed by atoms with van der Waals surface area (Å²) in [6.45, 7) is 8.70. The first-order chi connectivity index (χ1) is 7.13. The van der Waals surface area contributed by atoms with E-state index < -0.39 is 0 Å². The highest BCUT2D eigenvalue weighted by Crippen LogP contribution is 2.13. The Morgan fingerprint density at radius 1 is 1.33 bits per heavy atom. The molecular formula is C10H21N5. The van der Waals surface area contributed by atoms with Gasteiger partial charge in [0, 0.05) is 6.42 Å². The Labute approximate surface area is 91.2 Å². The van der Waals surface area contributed by atoms with Crippen LogP contribution in [-0.4, -0.2) is 33.3 Å². The zero-order valence-corrected chi connectivity index (χ0v) is 10.1. The highest BCUT2D eigenvalue weighted by Gasteiger charge is 2.14. The summed E-state index contributed by atoms with van der Waals surface area (Å²) >= 11 is 0. The standard InChI is InChI=1S/C10H21N5/c1-5-11-7-9(3)8(2)6-10-12-14-15(4)13-10/h8-9,11H,5-7H2,1-4H3. The summed E-state index contributed by atoms with van der Waals surface area (Å²) in [4.78, 5) is 1.51. The Balaban J connectivity index is 2.37. The summed E-state index contributed by atoms with van der Waals surface area (Å²) in [7, 11) is 1.79. The molecule has 5 nitrogen and oxygen atoms in total. The Morgan fingerprint density at radius 3 is 2.60 bits per heavy atom. The fourth-order valence-corrected chi connectivity index (χ4v) is 1.47. The lowest BCUT2D eigenvalue weighted by Gasteiger charge is -2.18. The van der Waals surface area contributed by atoms with Gasteiger partial charge in [0.1, 0.15) is 0 Å². The smallest absolute Gasteiger partial charge is 0.175 e. The van der Waals surface area contributed by atoms with Crippen LogP contribution in [0, 0.1) is 11.8 Å². The molecule has 0 aromatic carbocycles. The quantitative estimate of drug-likeness (QED) is 0.750. The molecule has 0 bridgehead atoms. The number of hydrogen-bond donors (Lipinski definition) is 1. The van der Waals surface area contributed by atoms with Gasteiger partial charge in [-0.15, -0.1) is 10.2 Å². The van der Waals surface area contributed by atoms with Gasteiger partial charge in [0.25, 0.3) is 0 Å². The van der Waals surface area contributed by atoms with Crippen LogP contribution in [0.4, 0.5) is 0 Å². The second-order valence-corrected chi connectivity index (χ2v) is 4.16. The Kier molecular flexibility index (Phi) is 4.68. The van der Waals surface area contributed by atoms with Gasteiger partial charge in [-0.2, -0.15) is 4.80 Å². The molecule has 1 aromatic heterocycles. The van der Waals surface area contributed by atoms with Crippen molar-refractivity contribution >= 4 is 0 Å². The maximum atomic E-state index is 4.19. The first kappa shape index (κ1) is 12.1. The number of nitrogens with zero attached hydrogens (tertiary/aromatic N) is 4. The van der Waals surface area contributed by atoms with Crippen molar-refractivity contribution in [3.63, 3.8) is 0 Å². The molecule has 0 aliphatic heterocycles. The lowest BCUT2D eigenvalue weighted by molar-refractivity contribution is 0.362. The van der Waals surface area contributed by atoms with E-state index in [1.807, 2.05) is 0 Å². The summed E-state index contributed by atoms with van der Waals surface area (Å²) in [6, 6.07) is 0. The zero-order chi connectivity index (χ0) is 11.3. The molecule has 15 heavy (non-hydrogen) atoms. The van der Waals surface area contributed by atoms with Gasteiger partial charge in [0.2, 0.25) is 0 Å². The first-order valence-corrected chi connectivity index (χ1v) is 5.57. The summed E-state index contributed by atoms with van der Waals surface area (Å²) in [5.41, 5.74) is 0. The number of tetrazole rings is 1. The van der Waals surface area contributed by atoms with Crippen molar-refractivity contribution in [1.82, 2.24) is 25.5 Å². The van der Waals surface area contributed by atoms with E-state index in [4.69, 9.17) is 0 Å². The van der Waals surface area contributed by atoms with Gasteiger partial charge in [0.15, 0.2) is 5.82 Å². The van der Waals surface area contributed by atoms with Crippen molar-refractivity contribution in [2.75, 3.05) is 13.1 Å². The Hall–Kier alpha value is -0.970. The lowest BCUT2D eigenvalue weighted by Crippen LogP contribution is -2.26. The van der Waals surface area contributed by atoms with Crippen LogP contribution < -0.4 is 5.32 Å². The van der Waals surface area contributed by atoms with E-state index in [1.54, 1.807) is 7.05 Å². The molecule has 5 heteroatoms. The fraction of sp³-hybridized carbons (Fsp3) is 0.900. The van der Waals surface area contributed by atoms with Crippen molar-refractivity contribution in [2.24, 2.45) is 18.9 Å². The van der Waals surface area contributed by atoms with Crippen LogP contribution in [0.3, 0.4) is 0 Å². The molecule has 0 aliphatic carbocycles. The molecule has 1 heterocycles. The second-order valence-electron chi connectivity index (χ2n) is 4.16. The van der Waals surface area contributed by atoms with Crippen LogP contribution in [0.2, 0.25) is 0 Å². The van der Waals surface area contributed by atoms with Gasteiger partial charge >= 0.3 is 0 Å². The average Bonchev–Trinajstić information content (AvgIpc) is 2.60. The summed E-state index contributed by atoms with van der Waals surface area (Å²) in [5, 5.41) is 15.4. The van der Waals surface area contributed by atoms with Gasteiger partial charge in [-0.1, -0.05) is 20.8 Å². The monoisotopic (exact) mass is 211 g/mol. The molecule has 0 spiro atoms. The molecule has 2 unspecified atom stereocenters. The van der Waals surface area contributed by atoms with Gasteiger partial charge in [0.05, 0.1) is 7.05 Å². The molecule has 1 N–H and O–H groups in total. The maximum absolute atomic E-state index is 4.19. The van der Waals surface area contributed by atoms with E-state index in [1.165, 1.54) is 4.80 Å². The van der Waals surface area contributed by atoms with E-state index in [0.717, 1.165) is 25.3 Å². The molecule has 1 rings (SSSR count). The average molecular weight is 211 g/mol. The van der Waals surface area contributed by atoms with Crippen molar-refractivity contribution in [2.45, 2.75) is 27.2 Å². The molecule has 0 radical (unpaired) electrons. The highest BCUT2D eigenvalue weighted by molar-refractivity contribution is 4.81. The largest absolute Gasteiger partial charge is 0.317 e. The predicted molar refractivity (Wildman–Crippen MR) is 59.4 cm³/mol. The van der Waals surface area contributed by atoms with Crippen molar-refractivity contribution in [3.05, 3.63) is 5.82 Å². The van der Waals surface area contributed by atoms with Gasteiger partial charge in [-0.3, -0.25) is 0 Å². The molecule has 0 aliphatic rings. The molecule has 0 fully saturated rings. The Bertz CT molecular complexity index is 283. The third-order valence-corrected chi connectivity index (χ3v) is 2.74. The minimum atomic E-state index is 0.577. The topological polar surface area (TPSA) is 55.6 Å². The van der Waals surface area contributed by atoms with Crippen LogP contribution in [0.1, 0.15) is 26.6 Å². The van der Waals surface area contributed by atoms with Crippen LogP contribution in [0.25, 0.3) is 0 Å². The molecule has 1 aromatic rings. The second kappa shape index (κ2) is 5.80. The van der Waals surface area contributed by atoms with Gasteiger partial charge < -0.3 is 5.32 Å². The summed E-state index contributed by atoms with van der Waals surface area (Å²) in [5.74, 6) is 2.05. The maximum Gasteiger partial charge on any atom is 0.175 e. The van der Waals surface area contributed by atoms with E-state index >= 15 is 0 Å². The third-order valence-electron chi connectivity index (χ3n) is 2.74. The fourth-order valence-electron chi connectivity index (χ4n) is 1.47. The SMILES string of the molecule is CCNCC(C)C(C)Cc1nnn(C)n1. The summed E-state index contributed by atoms with van der Waals surface area (Å²) in [6.07, 6.45) is 0.903. The number of hydrogen-bond acceptors (Lipinski definition) is 4. The minimum absolute atomic E-state index is 0.577. The van der Waals surface area contributed by atoms with Crippen molar-refractivity contribution < 1.29 is 0 Å². The number of rotatable bonds is 6. The van der Waals surface area contributed by atoms with E-state index in [0.29, 0.717) is 11.8 Å².